The molecule has 0 radical (unpaired) electrons. The van der Waals surface area contributed by atoms with Crippen LogP contribution in [0, 0.1) is 12.8 Å². The molecular weight excluding hydrogens is 326 g/mol. The number of hydrogen-bond acceptors (Lipinski definition) is 3. The van der Waals surface area contributed by atoms with Crippen LogP contribution in [0.5, 0.6) is 0 Å². The molecule has 1 heterocycles. The van der Waals surface area contributed by atoms with Gasteiger partial charge in [-0.1, -0.05) is 29.8 Å². The van der Waals surface area contributed by atoms with E-state index in [1.165, 1.54) is 0 Å². The molecule has 1 fully saturated rings. The van der Waals surface area contributed by atoms with Gasteiger partial charge >= 0.3 is 0 Å². The Labute approximate surface area is 154 Å². The highest BCUT2D eigenvalue weighted by Crippen LogP contribution is 2.23. The summed E-state index contributed by atoms with van der Waals surface area (Å²) in [5.41, 5.74) is 2.71. The molecule has 0 spiro atoms. The number of nitrogens with one attached hydrogen (secondary N) is 2. The van der Waals surface area contributed by atoms with Crippen LogP contribution in [-0.4, -0.2) is 43.4 Å². The molecule has 1 saturated heterocycles. The minimum Gasteiger partial charge on any atom is -0.338 e. The van der Waals surface area contributed by atoms with E-state index in [0.717, 1.165) is 31.6 Å². The van der Waals surface area contributed by atoms with Gasteiger partial charge < -0.3 is 15.5 Å². The number of carbonyl (C=O) groups is 2. The van der Waals surface area contributed by atoms with Crippen LogP contribution in [0.15, 0.2) is 48.5 Å². The Balaban J connectivity index is 1.76. The maximum Gasteiger partial charge on any atom is 0.255 e. The van der Waals surface area contributed by atoms with Gasteiger partial charge in [0, 0.05) is 18.7 Å². The van der Waals surface area contributed by atoms with Crippen LogP contribution in [0.25, 0.3) is 0 Å². The summed E-state index contributed by atoms with van der Waals surface area (Å²) < 4.78 is 0. The van der Waals surface area contributed by atoms with E-state index in [9.17, 15) is 9.59 Å². The van der Waals surface area contributed by atoms with Crippen LogP contribution in [-0.2, 0) is 0 Å². The van der Waals surface area contributed by atoms with Crippen molar-refractivity contribution in [2.75, 3.05) is 32.0 Å². The summed E-state index contributed by atoms with van der Waals surface area (Å²) in [5, 5.41) is 6.07. The lowest BCUT2D eigenvalue weighted by atomic mass is 10.1. The number of aryl methyl sites for hydroxylation is 1. The first kappa shape index (κ1) is 18.1. The molecule has 0 aliphatic carbocycles. The number of hydrogen-bond donors (Lipinski definition) is 2. The minimum absolute atomic E-state index is 0.0243. The van der Waals surface area contributed by atoms with Crippen LogP contribution < -0.4 is 10.6 Å². The molecule has 5 nitrogen and oxygen atoms in total. The fraction of sp³-hybridized carbons (Fsp3) is 0.333. The molecule has 1 aliphatic heterocycles. The first-order chi connectivity index (χ1) is 12.6. The number of para-hydroxylation sites is 1. The summed E-state index contributed by atoms with van der Waals surface area (Å²) in [6.45, 7) is 4.36. The van der Waals surface area contributed by atoms with E-state index in [0.29, 0.717) is 22.7 Å². The Hall–Kier alpha value is -2.66. The molecule has 26 heavy (non-hydrogen) atoms. The summed E-state index contributed by atoms with van der Waals surface area (Å²) in [6.07, 6.45) is 1.00. The van der Waals surface area contributed by atoms with E-state index in [-0.39, 0.29) is 11.8 Å². The van der Waals surface area contributed by atoms with Crippen LogP contribution in [0.3, 0.4) is 0 Å². The Morgan fingerprint density at radius 1 is 1.15 bits per heavy atom. The van der Waals surface area contributed by atoms with Crippen molar-refractivity contribution in [2.24, 2.45) is 5.92 Å². The third-order valence-electron chi connectivity index (χ3n) is 4.75. The second-order valence-corrected chi connectivity index (χ2v) is 6.83. The quantitative estimate of drug-likeness (QED) is 0.871. The van der Waals surface area contributed by atoms with Gasteiger partial charge in [-0.05, 0) is 57.1 Å². The zero-order valence-electron chi connectivity index (χ0n) is 15.3. The van der Waals surface area contributed by atoms with Gasteiger partial charge in [0.15, 0.2) is 0 Å². The third kappa shape index (κ3) is 4.11. The summed E-state index contributed by atoms with van der Waals surface area (Å²) in [4.78, 5) is 27.4. The van der Waals surface area contributed by atoms with Crippen LogP contribution in [0.2, 0.25) is 0 Å². The Morgan fingerprint density at radius 3 is 2.73 bits per heavy atom. The molecule has 5 heteroatoms. The zero-order chi connectivity index (χ0) is 18.5. The Morgan fingerprint density at radius 2 is 1.96 bits per heavy atom. The van der Waals surface area contributed by atoms with Crippen LogP contribution >= 0.6 is 0 Å². The molecular formula is C21H25N3O2. The minimum atomic E-state index is -0.205. The summed E-state index contributed by atoms with van der Waals surface area (Å²) in [5.74, 6) is 0.255. The first-order valence-electron chi connectivity index (χ1n) is 8.99. The molecule has 136 valence electrons. The largest absolute Gasteiger partial charge is 0.338 e. The highest BCUT2D eigenvalue weighted by molar-refractivity contribution is 6.09. The molecule has 0 saturated carbocycles. The van der Waals surface area contributed by atoms with Crippen molar-refractivity contribution < 1.29 is 9.59 Å². The Kier molecular flexibility index (Phi) is 5.68. The van der Waals surface area contributed by atoms with Gasteiger partial charge in [-0.15, -0.1) is 0 Å². The molecule has 0 bridgehead atoms. The molecule has 2 aromatic rings. The number of amides is 2. The topological polar surface area (TPSA) is 61.4 Å². The average molecular weight is 351 g/mol. The zero-order valence-corrected chi connectivity index (χ0v) is 15.3. The van der Waals surface area contributed by atoms with E-state index in [1.54, 1.807) is 18.2 Å². The van der Waals surface area contributed by atoms with Crippen molar-refractivity contribution in [2.45, 2.75) is 13.3 Å². The van der Waals surface area contributed by atoms with Crippen molar-refractivity contribution in [3.8, 4) is 0 Å². The fourth-order valence-electron chi connectivity index (χ4n) is 3.40. The van der Waals surface area contributed by atoms with Crippen LogP contribution in [0.1, 0.15) is 32.7 Å². The van der Waals surface area contributed by atoms with E-state index < -0.39 is 0 Å². The van der Waals surface area contributed by atoms with Crippen molar-refractivity contribution in [3.63, 3.8) is 0 Å². The van der Waals surface area contributed by atoms with Crippen molar-refractivity contribution in [3.05, 3.63) is 65.2 Å². The van der Waals surface area contributed by atoms with Gasteiger partial charge in [0.2, 0.25) is 0 Å². The van der Waals surface area contributed by atoms with Crippen molar-refractivity contribution in [1.82, 2.24) is 10.2 Å². The van der Waals surface area contributed by atoms with Gasteiger partial charge in [0.05, 0.1) is 11.3 Å². The highest BCUT2D eigenvalue weighted by Gasteiger charge is 2.27. The van der Waals surface area contributed by atoms with Gasteiger partial charge in [0.25, 0.3) is 11.8 Å². The second kappa shape index (κ2) is 8.15. The molecule has 0 aromatic heterocycles. The smallest absolute Gasteiger partial charge is 0.255 e. The van der Waals surface area contributed by atoms with Gasteiger partial charge in [-0.25, -0.2) is 0 Å². The molecule has 1 unspecified atom stereocenters. The number of likely N-dealkylation sites (tertiary alicyclic amines) is 1. The molecule has 1 atom stereocenters. The standard InChI is InChI=1S/C21H25N3O2/c1-15-6-5-7-17(12-15)20(25)23-19-9-4-3-8-18(19)21(26)24-11-10-16(14-24)13-22-2/h3-9,12,16,22H,10-11,13-14H2,1-2H3,(H,23,25). The van der Waals surface area contributed by atoms with E-state index in [4.69, 9.17) is 0 Å². The number of nitrogens with zero attached hydrogens (tertiary/aromatic N) is 1. The van der Waals surface area contributed by atoms with Crippen LogP contribution in [0.4, 0.5) is 5.69 Å². The second-order valence-electron chi connectivity index (χ2n) is 6.83. The number of rotatable bonds is 5. The molecule has 2 aromatic carbocycles. The van der Waals surface area contributed by atoms with E-state index in [2.05, 4.69) is 10.6 Å². The van der Waals surface area contributed by atoms with Gasteiger partial charge in [0.1, 0.15) is 0 Å². The lowest BCUT2D eigenvalue weighted by Crippen LogP contribution is -2.31. The maximum atomic E-state index is 12.9. The number of benzene rings is 2. The Bertz CT molecular complexity index is 803. The number of carbonyl (C=O) groups excluding carboxylic acids is 2. The normalized spacial score (nSPS) is 16.5. The maximum absolute atomic E-state index is 12.9. The number of anilines is 1. The fourth-order valence-corrected chi connectivity index (χ4v) is 3.40. The summed E-state index contributed by atoms with van der Waals surface area (Å²) in [6, 6.07) is 14.6. The SMILES string of the molecule is CNCC1CCN(C(=O)c2ccccc2NC(=O)c2cccc(C)c2)C1. The summed E-state index contributed by atoms with van der Waals surface area (Å²) >= 11 is 0. The lowest BCUT2D eigenvalue weighted by Gasteiger charge is -2.19. The summed E-state index contributed by atoms with van der Waals surface area (Å²) in [7, 11) is 1.93. The van der Waals surface area contributed by atoms with E-state index >= 15 is 0 Å². The van der Waals surface area contributed by atoms with Gasteiger partial charge in [-0.3, -0.25) is 9.59 Å². The van der Waals surface area contributed by atoms with Gasteiger partial charge in [-0.2, -0.15) is 0 Å². The molecule has 2 N–H and O–H groups in total. The van der Waals surface area contributed by atoms with Crippen molar-refractivity contribution in [1.29, 1.82) is 0 Å². The van der Waals surface area contributed by atoms with Crippen molar-refractivity contribution >= 4 is 17.5 Å². The lowest BCUT2D eigenvalue weighted by molar-refractivity contribution is 0.0788. The molecule has 2 amide bonds. The first-order valence-corrected chi connectivity index (χ1v) is 8.99. The predicted octanol–water partition coefficient (Wildman–Crippen LogP) is 2.93. The van der Waals surface area contributed by atoms with E-state index in [1.807, 2.05) is 49.2 Å². The molecule has 1 aliphatic rings. The predicted molar refractivity (Wildman–Crippen MR) is 104 cm³/mol. The molecule has 3 rings (SSSR count). The highest BCUT2D eigenvalue weighted by atomic mass is 16.2. The third-order valence-corrected chi connectivity index (χ3v) is 4.75. The average Bonchev–Trinajstić information content (AvgIpc) is 3.10. The monoisotopic (exact) mass is 351 g/mol.